The van der Waals surface area contributed by atoms with Gasteiger partial charge in [-0.25, -0.2) is 0 Å². The summed E-state index contributed by atoms with van der Waals surface area (Å²) in [7, 11) is 0. The smallest absolute Gasteiger partial charge is 0.0619 e. The van der Waals surface area contributed by atoms with E-state index in [9.17, 15) is 0 Å². The van der Waals surface area contributed by atoms with Gasteiger partial charge in [0.2, 0.25) is 0 Å². The number of benzene rings is 10. The molecule has 0 aliphatic heterocycles. The van der Waals surface area contributed by atoms with Gasteiger partial charge >= 0.3 is 0 Å². The maximum absolute atomic E-state index is 2.42. The lowest BCUT2D eigenvalue weighted by molar-refractivity contribution is 1.19. The Hall–Kier alpha value is -7.16. The highest BCUT2D eigenvalue weighted by Gasteiger charge is 2.19. The van der Waals surface area contributed by atoms with Crippen LogP contribution in [0.4, 0.5) is 17.1 Å². The van der Waals surface area contributed by atoms with Crippen molar-refractivity contribution in [3.8, 4) is 16.8 Å². The fourth-order valence-corrected chi connectivity index (χ4v) is 8.68. The molecule has 0 atom stereocenters. The third-order valence-corrected chi connectivity index (χ3v) is 11.1. The summed E-state index contributed by atoms with van der Waals surface area (Å²) < 4.78 is 2.42. The van der Waals surface area contributed by atoms with Crippen molar-refractivity contribution >= 4 is 82.0 Å². The van der Waals surface area contributed by atoms with Crippen molar-refractivity contribution in [1.29, 1.82) is 0 Å². The van der Waals surface area contributed by atoms with Crippen molar-refractivity contribution in [2.45, 2.75) is 0 Å². The van der Waals surface area contributed by atoms with Crippen LogP contribution in [0, 0.1) is 0 Å². The first-order chi connectivity index (χ1) is 26.8. The minimum absolute atomic E-state index is 1.11. The van der Waals surface area contributed by atoms with Crippen LogP contribution in [0.1, 0.15) is 0 Å². The second-order valence-corrected chi connectivity index (χ2v) is 14.1. The van der Waals surface area contributed by atoms with Gasteiger partial charge in [0.25, 0.3) is 0 Å². The van der Waals surface area contributed by atoms with Crippen molar-refractivity contribution in [1.82, 2.24) is 4.57 Å². The third-order valence-electron chi connectivity index (χ3n) is 11.1. The van der Waals surface area contributed by atoms with Crippen molar-refractivity contribution in [2.75, 3.05) is 4.90 Å². The molecular weight excluding hydrogens is 653 g/mol. The molecule has 11 rings (SSSR count). The van der Waals surface area contributed by atoms with Crippen LogP contribution in [0.3, 0.4) is 0 Å². The van der Waals surface area contributed by atoms with E-state index in [0.717, 1.165) is 22.7 Å². The number of aromatic nitrogens is 1. The van der Waals surface area contributed by atoms with Gasteiger partial charge in [-0.15, -0.1) is 0 Å². The Morgan fingerprint density at radius 3 is 1.46 bits per heavy atom. The topological polar surface area (TPSA) is 8.17 Å². The van der Waals surface area contributed by atoms with E-state index in [2.05, 4.69) is 216 Å². The number of hydrogen-bond donors (Lipinski definition) is 0. The molecule has 0 saturated carbocycles. The number of nitrogens with zero attached hydrogens (tertiary/aromatic N) is 2. The van der Waals surface area contributed by atoms with E-state index in [1.807, 2.05) is 0 Å². The molecule has 10 aromatic carbocycles. The molecule has 0 spiro atoms. The SMILES string of the molecule is c1ccc(-c2ccc(N(c3ccc4c(ccc5c6ccccc6n(-c6ccccc6)c45)c3)c3ccc4c5ccccc5c5ccccc5c4c3)cc2)cc1. The molecule has 0 bridgehead atoms. The average Bonchev–Trinajstić information content (AvgIpc) is 3.59. The molecule has 0 unspecified atom stereocenters. The van der Waals surface area contributed by atoms with E-state index in [-0.39, 0.29) is 0 Å². The fraction of sp³-hybridized carbons (Fsp3) is 0. The summed E-state index contributed by atoms with van der Waals surface area (Å²) in [5.74, 6) is 0. The van der Waals surface area contributed by atoms with Gasteiger partial charge in [0.05, 0.1) is 11.0 Å². The van der Waals surface area contributed by atoms with Crippen molar-refractivity contribution in [3.63, 3.8) is 0 Å². The van der Waals surface area contributed by atoms with Crippen molar-refractivity contribution in [2.24, 2.45) is 0 Å². The van der Waals surface area contributed by atoms with Gasteiger partial charge in [0, 0.05) is 38.9 Å². The van der Waals surface area contributed by atoms with Gasteiger partial charge in [0.15, 0.2) is 0 Å². The van der Waals surface area contributed by atoms with Crippen LogP contribution in [0.2, 0.25) is 0 Å². The van der Waals surface area contributed by atoms with Crippen LogP contribution in [-0.2, 0) is 0 Å². The maximum atomic E-state index is 2.42. The molecule has 0 radical (unpaired) electrons. The predicted molar refractivity (Wildman–Crippen MR) is 231 cm³/mol. The molecule has 0 aliphatic rings. The number of para-hydroxylation sites is 2. The van der Waals surface area contributed by atoms with Gasteiger partial charge in [-0.3, -0.25) is 0 Å². The maximum Gasteiger partial charge on any atom is 0.0619 e. The molecule has 54 heavy (non-hydrogen) atoms. The first-order valence-electron chi connectivity index (χ1n) is 18.6. The van der Waals surface area contributed by atoms with Gasteiger partial charge in [-0.1, -0.05) is 152 Å². The minimum atomic E-state index is 1.11. The van der Waals surface area contributed by atoms with Gasteiger partial charge in [-0.2, -0.15) is 0 Å². The number of fused-ring (bicyclic) bond motifs is 11. The average molecular weight is 687 g/mol. The first-order valence-corrected chi connectivity index (χ1v) is 18.6. The Kier molecular flexibility index (Phi) is 6.90. The first kappa shape index (κ1) is 30.5. The van der Waals surface area contributed by atoms with Gasteiger partial charge in [0.1, 0.15) is 0 Å². The Morgan fingerprint density at radius 2 is 0.778 bits per heavy atom. The summed E-state index contributed by atoms with van der Waals surface area (Å²) in [6, 6.07) is 75.2. The molecule has 0 aliphatic carbocycles. The minimum Gasteiger partial charge on any atom is -0.310 e. The predicted octanol–water partition coefficient (Wildman–Crippen LogP) is 14.5. The standard InChI is InChI=1S/C52H34N2/c1-3-13-35(14-4-1)36-23-26-39(27-24-36)53(41-29-32-47-45-19-8-7-17-43(45)44-18-9-10-20-46(44)50(47)34-41)40-28-31-42-37(33-40)25-30-49-48-21-11-12-22-51(48)54(52(42)49)38-15-5-2-6-16-38/h1-34H. The molecule has 1 heterocycles. The van der Waals surface area contributed by atoms with Crippen LogP contribution >= 0.6 is 0 Å². The lowest BCUT2D eigenvalue weighted by Gasteiger charge is -2.27. The molecule has 2 heteroatoms. The molecule has 0 saturated heterocycles. The molecule has 0 N–H and O–H groups in total. The highest BCUT2D eigenvalue weighted by molar-refractivity contribution is 6.26. The Morgan fingerprint density at radius 1 is 0.296 bits per heavy atom. The van der Waals surface area contributed by atoms with Crippen LogP contribution in [-0.4, -0.2) is 4.57 Å². The van der Waals surface area contributed by atoms with E-state index in [1.165, 1.54) is 76.0 Å². The van der Waals surface area contributed by atoms with Crippen LogP contribution < -0.4 is 4.90 Å². The summed E-state index contributed by atoms with van der Waals surface area (Å²) in [5.41, 5.74) is 9.36. The van der Waals surface area contributed by atoms with E-state index in [4.69, 9.17) is 0 Å². The Labute approximate surface area is 313 Å². The number of rotatable bonds is 5. The molecule has 1 aromatic heterocycles. The number of hydrogen-bond acceptors (Lipinski definition) is 1. The monoisotopic (exact) mass is 686 g/mol. The molecular formula is C52H34N2. The number of anilines is 3. The second-order valence-electron chi connectivity index (χ2n) is 14.1. The molecule has 252 valence electrons. The summed E-state index contributed by atoms with van der Waals surface area (Å²) in [6.07, 6.45) is 0. The highest BCUT2D eigenvalue weighted by atomic mass is 15.1. The third kappa shape index (κ3) is 4.74. The van der Waals surface area contributed by atoms with Crippen LogP contribution in [0.15, 0.2) is 206 Å². The zero-order valence-corrected chi connectivity index (χ0v) is 29.5. The van der Waals surface area contributed by atoms with Crippen molar-refractivity contribution in [3.05, 3.63) is 206 Å². The van der Waals surface area contributed by atoms with Crippen LogP contribution in [0.25, 0.3) is 81.7 Å². The van der Waals surface area contributed by atoms with Gasteiger partial charge in [-0.05, 0) is 103 Å². The van der Waals surface area contributed by atoms with Crippen LogP contribution in [0.5, 0.6) is 0 Å². The molecule has 0 amide bonds. The summed E-state index contributed by atoms with van der Waals surface area (Å²) in [6.45, 7) is 0. The molecule has 0 fully saturated rings. The second kappa shape index (κ2) is 12.2. The molecule has 2 nitrogen and oxygen atoms in total. The fourth-order valence-electron chi connectivity index (χ4n) is 8.68. The lowest BCUT2D eigenvalue weighted by Crippen LogP contribution is -2.10. The summed E-state index contributed by atoms with van der Waals surface area (Å²) >= 11 is 0. The normalized spacial score (nSPS) is 11.7. The quantitative estimate of drug-likeness (QED) is 0.164. The lowest BCUT2D eigenvalue weighted by atomic mass is 9.94. The Bertz CT molecular complexity index is 3160. The largest absolute Gasteiger partial charge is 0.310 e. The van der Waals surface area contributed by atoms with E-state index in [1.54, 1.807) is 0 Å². The van der Waals surface area contributed by atoms with E-state index >= 15 is 0 Å². The van der Waals surface area contributed by atoms with Gasteiger partial charge < -0.3 is 9.47 Å². The van der Waals surface area contributed by atoms with Crippen molar-refractivity contribution < 1.29 is 0 Å². The summed E-state index contributed by atoms with van der Waals surface area (Å²) in [5, 5.41) is 12.6. The zero-order valence-electron chi connectivity index (χ0n) is 29.5. The molecule has 11 aromatic rings. The summed E-state index contributed by atoms with van der Waals surface area (Å²) in [4.78, 5) is 2.41. The highest BCUT2D eigenvalue weighted by Crippen LogP contribution is 2.43. The van der Waals surface area contributed by atoms with E-state index in [0.29, 0.717) is 0 Å². The van der Waals surface area contributed by atoms with E-state index < -0.39 is 0 Å². The zero-order chi connectivity index (χ0) is 35.6. The Balaban J connectivity index is 1.15.